The maximum absolute atomic E-state index is 11.8. The van der Waals surface area contributed by atoms with Crippen molar-refractivity contribution in [2.45, 2.75) is 32.2 Å². The number of amides is 2. The molecule has 3 N–H and O–H groups in total. The molecule has 1 unspecified atom stereocenters. The van der Waals surface area contributed by atoms with Crippen LogP contribution >= 0.6 is 0 Å². The highest BCUT2D eigenvalue weighted by Gasteiger charge is 2.23. The fourth-order valence-corrected chi connectivity index (χ4v) is 1.77. The Kier molecular flexibility index (Phi) is 5.76. The molecule has 0 aromatic heterocycles. The van der Waals surface area contributed by atoms with Crippen LogP contribution in [-0.2, 0) is 4.79 Å². The second-order valence-corrected chi connectivity index (χ2v) is 4.22. The van der Waals surface area contributed by atoms with Crippen molar-refractivity contribution in [1.29, 1.82) is 0 Å². The standard InChI is InChI=1S/C11H21N3O3/c1-2-3-4-9(10(15)16)13-11(17)14-7-5-12-6-8-14/h9,12H,2-8H2,1H3,(H,13,17)(H,15,16). The zero-order chi connectivity index (χ0) is 12.7. The molecule has 1 rings (SSSR count). The number of carbonyl (C=O) groups excluding carboxylic acids is 1. The van der Waals surface area contributed by atoms with Gasteiger partial charge in [-0.1, -0.05) is 19.8 Å². The first-order valence-electron chi connectivity index (χ1n) is 6.14. The molecular formula is C11H21N3O3. The van der Waals surface area contributed by atoms with Gasteiger partial charge in [-0.05, 0) is 6.42 Å². The second-order valence-electron chi connectivity index (χ2n) is 4.22. The summed E-state index contributed by atoms with van der Waals surface area (Å²) in [6, 6.07) is -1.03. The Hall–Kier alpha value is -1.30. The van der Waals surface area contributed by atoms with Crippen LogP contribution in [0.5, 0.6) is 0 Å². The summed E-state index contributed by atoms with van der Waals surface area (Å²) in [7, 11) is 0. The second kappa shape index (κ2) is 7.11. The minimum atomic E-state index is -0.957. The molecule has 0 aromatic rings. The van der Waals surface area contributed by atoms with Gasteiger partial charge in [0.25, 0.3) is 0 Å². The normalized spacial score (nSPS) is 17.6. The van der Waals surface area contributed by atoms with E-state index < -0.39 is 12.0 Å². The van der Waals surface area contributed by atoms with Crippen LogP contribution in [0.2, 0.25) is 0 Å². The fourth-order valence-electron chi connectivity index (χ4n) is 1.77. The van der Waals surface area contributed by atoms with Gasteiger partial charge in [-0.15, -0.1) is 0 Å². The van der Waals surface area contributed by atoms with Gasteiger partial charge >= 0.3 is 12.0 Å². The van der Waals surface area contributed by atoms with Gasteiger partial charge in [-0.2, -0.15) is 0 Å². The zero-order valence-corrected chi connectivity index (χ0v) is 10.2. The summed E-state index contributed by atoms with van der Waals surface area (Å²) >= 11 is 0. The van der Waals surface area contributed by atoms with E-state index in [0.717, 1.165) is 25.9 Å². The number of carboxylic acid groups (broad SMARTS) is 1. The van der Waals surface area contributed by atoms with E-state index in [1.807, 2.05) is 6.92 Å². The van der Waals surface area contributed by atoms with E-state index in [1.165, 1.54) is 0 Å². The molecule has 0 saturated carbocycles. The summed E-state index contributed by atoms with van der Waals surface area (Å²) in [5.74, 6) is -0.957. The number of hydrogen-bond acceptors (Lipinski definition) is 3. The van der Waals surface area contributed by atoms with Crippen molar-refractivity contribution >= 4 is 12.0 Å². The van der Waals surface area contributed by atoms with Crippen LogP contribution in [0.15, 0.2) is 0 Å². The number of unbranched alkanes of at least 4 members (excludes halogenated alkanes) is 1. The fraction of sp³-hybridized carbons (Fsp3) is 0.818. The van der Waals surface area contributed by atoms with Crippen LogP contribution in [0, 0.1) is 0 Å². The maximum Gasteiger partial charge on any atom is 0.326 e. The molecule has 1 fully saturated rings. The largest absolute Gasteiger partial charge is 0.480 e. The molecule has 0 aliphatic carbocycles. The Morgan fingerprint density at radius 3 is 2.59 bits per heavy atom. The van der Waals surface area contributed by atoms with Crippen molar-refractivity contribution in [3.05, 3.63) is 0 Å². The molecule has 98 valence electrons. The third kappa shape index (κ3) is 4.60. The lowest BCUT2D eigenvalue weighted by Gasteiger charge is -2.28. The number of piperazine rings is 1. The Bertz CT molecular complexity index is 265. The first-order valence-corrected chi connectivity index (χ1v) is 6.14. The summed E-state index contributed by atoms with van der Waals surface area (Å²) in [6.07, 6.45) is 2.22. The highest BCUT2D eigenvalue weighted by atomic mass is 16.4. The number of nitrogens with zero attached hydrogens (tertiary/aromatic N) is 1. The van der Waals surface area contributed by atoms with Crippen LogP contribution in [-0.4, -0.2) is 54.2 Å². The van der Waals surface area contributed by atoms with E-state index in [4.69, 9.17) is 5.11 Å². The first kappa shape index (κ1) is 13.8. The van der Waals surface area contributed by atoms with Crippen LogP contribution in [0.1, 0.15) is 26.2 Å². The van der Waals surface area contributed by atoms with Gasteiger partial charge in [0.05, 0.1) is 0 Å². The molecule has 6 heteroatoms. The molecular weight excluding hydrogens is 222 g/mol. The minimum absolute atomic E-state index is 0.269. The van der Waals surface area contributed by atoms with Crippen molar-refractivity contribution in [2.75, 3.05) is 26.2 Å². The van der Waals surface area contributed by atoms with Gasteiger partial charge in [0.1, 0.15) is 6.04 Å². The Morgan fingerprint density at radius 1 is 1.41 bits per heavy atom. The van der Waals surface area contributed by atoms with E-state index in [0.29, 0.717) is 19.5 Å². The SMILES string of the molecule is CCCCC(NC(=O)N1CCNCC1)C(=O)O. The summed E-state index contributed by atoms with van der Waals surface area (Å²) in [5, 5.41) is 14.7. The van der Waals surface area contributed by atoms with Gasteiger partial charge in [0.15, 0.2) is 0 Å². The van der Waals surface area contributed by atoms with Crippen LogP contribution in [0.25, 0.3) is 0 Å². The van der Waals surface area contributed by atoms with Gasteiger partial charge in [-0.25, -0.2) is 9.59 Å². The summed E-state index contributed by atoms with van der Waals surface area (Å²) < 4.78 is 0. The lowest BCUT2D eigenvalue weighted by molar-refractivity contribution is -0.139. The summed E-state index contributed by atoms with van der Waals surface area (Å²) in [5.41, 5.74) is 0. The van der Waals surface area contributed by atoms with E-state index in [2.05, 4.69) is 10.6 Å². The van der Waals surface area contributed by atoms with E-state index >= 15 is 0 Å². The van der Waals surface area contributed by atoms with Crippen molar-refractivity contribution in [2.24, 2.45) is 0 Å². The number of hydrogen-bond donors (Lipinski definition) is 3. The molecule has 1 saturated heterocycles. The third-order valence-corrected chi connectivity index (χ3v) is 2.85. The van der Waals surface area contributed by atoms with E-state index in [1.54, 1.807) is 4.90 Å². The topological polar surface area (TPSA) is 81.7 Å². The smallest absolute Gasteiger partial charge is 0.326 e. The lowest BCUT2D eigenvalue weighted by atomic mass is 10.1. The van der Waals surface area contributed by atoms with Gasteiger partial charge in [-0.3, -0.25) is 0 Å². The van der Waals surface area contributed by atoms with Gasteiger partial charge in [0, 0.05) is 26.2 Å². The van der Waals surface area contributed by atoms with E-state index in [9.17, 15) is 9.59 Å². The average molecular weight is 243 g/mol. The number of rotatable bonds is 5. The molecule has 2 amide bonds. The highest BCUT2D eigenvalue weighted by Crippen LogP contribution is 2.02. The van der Waals surface area contributed by atoms with Gasteiger partial charge in [0.2, 0.25) is 0 Å². The number of carbonyl (C=O) groups is 2. The molecule has 1 atom stereocenters. The monoisotopic (exact) mass is 243 g/mol. The maximum atomic E-state index is 11.8. The van der Waals surface area contributed by atoms with Crippen molar-refractivity contribution in [3.63, 3.8) is 0 Å². The molecule has 6 nitrogen and oxygen atoms in total. The first-order chi connectivity index (χ1) is 8.15. The Morgan fingerprint density at radius 2 is 2.06 bits per heavy atom. The van der Waals surface area contributed by atoms with Crippen molar-refractivity contribution in [1.82, 2.24) is 15.5 Å². The molecule has 0 radical (unpaired) electrons. The molecule has 0 aromatic carbocycles. The number of carboxylic acids is 1. The summed E-state index contributed by atoms with van der Waals surface area (Å²) in [6.45, 7) is 4.79. The quantitative estimate of drug-likeness (QED) is 0.646. The van der Waals surface area contributed by atoms with Crippen molar-refractivity contribution < 1.29 is 14.7 Å². The van der Waals surface area contributed by atoms with Crippen LogP contribution in [0.3, 0.4) is 0 Å². The minimum Gasteiger partial charge on any atom is -0.480 e. The number of aliphatic carboxylic acids is 1. The van der Waals surface area contributed by atoms with E-state index in [-0.39, 0.29) is 6.03 Å². The lowest BCUT2D eigenvalue weighted by Crippen LogP contribution is -2.53. The Balaban J connectivity index is 2.42. The predicted molar refractivity (Wildman–Crippen MR) is 63.9 cm³/mol. The molecule has 0 bridgehead atoms. The average Bonchev–Trinajstić information content (AvgIpc) is 2.35. The Labute approximate surface area is 101 Å². The molecule has 0 spiro atoms. The molecule has 1 aliphatic heterocycles. The van der Waals surface area contributed by atoms with Gasteiger partial charge < -0.3 is 20.6 Å². The number of nitrogens with one attached hydrogen (secondary N) is 2. The third-order valence-electron chi connectivity index (χ3n) is 2.85. The van der Waals surface area contributed by atoms with Crippen molar-refractivity contribution in [3.8, 4) is 0 Å². The summed E-state index contributed by atoms with van der Waals surface area (Å²) in [4.78, 5) is 24.4. The molecule has 17 heavy (non-hydrogen) atoms. The predicted octanol–water partition coefficient (Wildman–Crippen LogP) is 0.245. The molecule has 1 aliphatic rings. The molecule has 1 heterocycles. The number of urea groups is 1. The van der Waals surface area contributed by atoms with Crippen LogP contribution < -0.4 is 10.6 Å². The zero-order valence-electron chi connectivity index (χ0n) is 10.2. The van der Waals surface area contributed by atoms with Crippen LogP contribution in [0.4, 0.5) is 4.79 Å². The highest BCUT2D eigenvalue weighted by molar-refractivity contribution is 5.82.